The number of nitro benzene ring substituents is 1. The number of benzene rings is 2. The maximum atomic E-state index is 13.2. The zero-order valence-corrected chi connectivity index (χ0v) is 15.9. The number of carbonyl (C=O) groups excluding carboxylic acids is 1. The fourth-order valence-corrected chi connectivity index (χ4v) is 3.34. The Morgan fingerprint density at radius 3 is 2.50 bits per heavy atom. The van der Waals surface area contributed by atoms with E-state index in [4.69, 9.17) is 11.6 Å². The summed E-state index contributed by atoms with van der Waals surface area (Å²) in [5.41, 5.74) is 1.01. The van der Waals surface area contributed by atoms with Crippen LogP contribution in [0.15, 0.2) is 42.5 Å². The predicted octanol–water partition coefficient (Wildman–Crippen LogP) is 3.14. The second-order valence-corrected chi connectivity index (χ2v) is 7.03. The maximum absolute atomic E-state index is 13.2. The summed E-state index contributed by atoms with van der Waals surface area (Å²) in [7, 11) is 0. The lowest BCUT2D eigenvalue weighted by Gasteiger charge is -2.34. The van der Waals surface area contributed by atoms with Crippen molar-refractivity contribution >= 4 is 28.9 Å². The summed E-state index contributed by atoms with van der Waals surface area (Å²) in [5.74, 6) is -0.715. The number of hydrogen-bond donors (Lipinski definition) is 1. The number of piperazine rings is 1. The molecule has 0 saturated carbocycles. The van der Waals surface area contributed by atoms with Crippen molar-refractivity contribution in [3.63, 3.8) is 0 Å². The van der Waals surface area contributed by atoms with Crippen molar-refractivity contribution in [2.75, 3.05) is 38.0 Å². The first-order valence-corrected chi connectivity index (χ1v) is 9.22. The SMILES string of the molecule is O=C(CN1CCN(Cc2ccc(F)c(Cl)c2)CC1)Nc1ccccc1[N+](=O)[O-]. The van der Waals surface area contributed by atoms with E-state index >= 15 is 0 Å². The third kappa shape index (κ3) is 5.25. The lowest BCUT2D eigenvalue weighted by molar-refractivity contribution is -0.383. The third-order valence-corrected chi connectivity index (χ3v) is 4.89. The Balaban J connectivity index is 1.48. The minimum atomic E-state index is -0.518. The average Bonchev–Trinajstić information content (AvgIpc) is 2.66. The van der Waals surface area contributed by atoms with Gasteiger partial charge in [0.05, 0.1) is 16.5 Å². The molecule has 1 heterocycles. The van der Waals surface area contributed by atoms with Crippen molar-refractivity contribution in [1.82, 2.24) is 9.80 Å². The van der Waals surface area contributed by atoms with Gasteiger partial charge in [-0.3, -0.25) is 24.7 Å². The molecule has 0 radical (unpaired) electrons. The Labute approximate surface area is 166 Å². The summed E-state index contributed by atoms with van der Waals surface area (Å²) >= 11 is 5.82. The number of halogens is 2. The summed E-state index contributed by atoms with van der Waals surface area (Å²) in [5, 5.41) is 13.8. The van der Waals surface area contributed by atoms with Gasteiger partial charge in [-0.25, -0.2) is 4.39 Å². The summed E-state index contributed by atoms with van der Waals surface area (Å²) in [6.45, 7) is 3.73. The number of rotatable bonds is 6. The van der Waals surface area contributed by atoms with Gasteiger partial charge < -0.3 is 5.32 Å². The number of nitro groups is 1. The summed E-state index contributed by atoms with van der Waals surface area (Å²) < 4.78 is 13.2. The van der Waals surface area contributed by atoms with E-state index < -0.39 is 10.7 Å². The number of nitrogens with one attached hydrogen (secondary N) is 1. The van der Waals surface area contributed by atoms with Crippen molar-refractivity contribution < 1.29 is 14.1 Å². The van der Waals surface area contributed by atoms with E-state index in [9.17, 15) is 19.3 Å². The first-order chi connectivity index (χ1) is 13.4. The molecule has 3 rings (SSSR count). The molecule has 2 aromatic carbocycles. The first-order valence-electron chi connectivity index (χ1n) is 8.84. The number of carbonyl (C=O) groups is 1. The highest BCUT2D eigenvalue weighted by molar-refractivity contribution is 6.30. The van der Waals surface area contributed by atoms with E-state index in [1.807, 2.05) is 4.90 Å². The van der Waals surface area contributed by atoms with Crippen molar-refractivity contribution in [2.45, 2.75) is 6.54 Å². The van der Waals surface area contributed by atoms with Crippen LogP contribution < -0.4 is 5.32 Å². The molecule has 1 amide bonds. The quantitative estimate of drug-likeness (QED) is 0.589. The molecule has 1 aliphatic heterocycles. The molecule has 9 heteroatoms. The molecule has 0 aromatic heterocycles. The molecule has 28 heavy (non-hydrogen) atoms. The summed E-state index contributed by atoms with van der Waals surface area (Å²) in [4.78, 5) is 27.0. The van der Waals surface area contributed by atoms with Gasteiger partial charge >= 0.3 is 0 Å². The van der Waals surface area contributed by atoms with Crippen molar-refractivity contribution in [1.29, 1.82) is 0 Å². The van der Waals surface area contributed by atoms with Crippen molar-refractivity contribution in [3.05, 3.63) is 69.0 Å². The predicted molar refractivity (Wildman–Crippen MR) is 105 cm³/mol. The topological polar surface area (TPSA) is 78.7 Å². The molecule has 1 fully saturated rings. The minimum absolute atomic E-state index is 0.114. The number of anilines is 1. The second-order valence-electron chi connectivity index (χ2n) is 6.62. The largest absolute Gasteiger partial charge is 0.319 e. The van der Waals surface area contributed by atoms with Crippen LogP contribution in [0.4, 0.5) is 15.8 Å². The van der Waals surface area contributed by atoms with Crippen LogP contribution in [-0.2, 0) is 11.3 Å². The van der Waals surface area contributed by atoms with Crippen molar-refractivity contribution in [3.8, 4) is 0 Å². The van der Waals surface area contributed by atoms with Crippen LogP contribution in [0.1, 0.15) is 5.56 Å². The van der Waals surface area contributed by atoms with E-state index in [-0.39, 0.29) is 28.8 Å². The average molecular weight is 407 g/mol. The standard InChI is InChI=1S/C19H20ClFN4O3/c20-15-11-14(5-6-16(15)21)12-23-7-9-24(10-8-23)13-19(26)22-17-3-1-2-4-18(17)25(27)28/h1-6,11H,7-10,12-13H2,(H,22,26). The number of para-hydroxylation sites is 2. The van der Waals surface area contributed by atoms with Crippen LogP contribution in [0.5, 0.6) is 0 Å². The Morgan fingerprint density at radius 2 is 1.82 bits per heavy atom. The number of nitrogens with zero attached hydrogens (tertiary/aromatic N) is 3. The molecule has 0 atom stereocenters. The zero-order chi connectivity index (χ0) is 20.1. The Hall–Kier alpha value is -2.55. The Morgan fingerprint density at radius 1 is 1.14 bits per heavy atom. The Bertz CT molecular complexity index is 872. The van der Waals surface area contributed by atoms with Gasteiger partial charge in [0.15, 0.2) is 0 Å². The lowest BCUT2D eigenvalue weighted by Crippen LogP contribution is -2.48. The maximum Gasteiger partial charge on any atom is 0.292 e. The smallest absolute Gasteiger partial charge is 0.292 e. The van der Waals surface area contributed by atoms with E-state index in [1.54, 1.807) is 24.3 Å². The van der Waals surface area contributed by atoms with Gasteiger partial charge in [0, 0.05) is 38.8 Å². The highest BCUT2D eigenvalue weighted by Crippen LogP contribution is 2.23. The van der Waals surface area contributed by atoms with Crippen LogP contribution in [-0.4, -0.2) is 53.4 Å². The van der Waals surface area contributed by atoms with E-state index in [2.05, 4.69) is 10.2 Å². The normalized spacial score (nSPS) is 15.4. The van der Waals surface area contributed by atoms with Crippen LogP contribution in [0, 0.1) is 15.9 Å². The van der Waals surface area contributed by atoms with Gasteiger partial charge in [-0.05, 0) is 23.8 Å². The van der Waals surface area contributed by atoms with Gasteiger partial charge in [-0.2, -0.15) is 0 Å². The monoisotopic (exact) mass is 406 g/mol. The first kappa shape index (κ1) is 20.2. The van der Waals surface area contributed by atoms with Gasteiger partial charge in [-0.15, -0.1) is 0 Å². The van der Waals surface area contributed by atoms with Gasteiger partial charge in [0.1, 0.15) is 11.5 Å². The highest BCUT2D eigenvalue weighted by Gasteiger charge is 2.21. The molecule has 0 spiro atoms. The van der Waals surface area contributed by atoms with E-state index in [0.29, 0.717) is 19.6 Å². The third-order valence-electron chi connectivity index (χ3n) is 4.60. The fourth-order valence-electron chi connectivity index (χ4n) is 3.13. The molecular weight excluding hydrogens is 387 g/mol. The molecule has 7 nitrogen and oxygen atoms in total. The molecule has 1 aliphatic rings. The molecule has 1 saturated heterocycles. The van der Waals surface area contributed by atoms with Crippen LogP contribution in [0.25, 0.3) is 0 Å². The lowest BCUT2D eigenvalue weighted by atomic mass is 10.2. The fraction of sp³-hybridized carbons (Fsp3) is 0.316. The van der Waals surface area contributed by atoms with Crippen LogP contribution >= 0.6 is 11.6 Å². The van der Waals surface area contributed by atoms with Gasteiger partial charge in [-0.1, -0.05) is 29.8 Å². The molecule has 2 aromatic rings. The number of amides is 1. The van der Waals surface area contributed by atoms with Gasteiger partial charge in [0.2, 0.25) is 5.91 Å². The van der Waals surface area contributed by atoms with Crippen LogP contribution in [0.3, 0.4) is 0 Å². The molecular formula is C19H20ClFN4O3. The molecule has 0 aliphatic carbocycles. The van der Waals surface area contributed by atoms with Crippen molar-refractivity contribution in [2.24, 2.45) is 0 Å². The molecule has 0 bridgehead atoms. The molecule has 1 N–H and O–H groups in total. The summed E-state index contributed by atoms with van der Waals surface area (Å²) in [6.07, 6.45) is 0. The molecule has 148 valence electrons. The molecule has 0 unspecified atom stereocenters. The number of hydrogen-bond acceptors (Lipinski definition) is 5. The van der Waals surface area contributed by atoms with Gasteiger partial charge in [0.25, 0.3) is 5.69 Å². The highest BCUT2D eigenvalue weighted by atomic mass is 35.5. The minimum Gasteiger partial charge on any atom is -0.319 e. The zero-order valence-electron chi connectivity index (χ0n) is 15.1. The Kier molecular flexibility index (Phi) is 6.56. The summed E-state index contributed by atoms with van der Waals surface area (Å²) in [6, 6.07) is 10.8. The van der Waals surface area contributed by atoms with E-state index in [0.717, 1.165) is 18.7 Å². The van der Waals surface area contributed by atoms with E-state index in [1.165, 1.54) is 18.2 Å². The van der Waals surface area contributed by atoms with Crippen LogP contribution in [0.2, 0.25) is 5.02 Å². The second kappa shape index (κ2) is 9.09.